The summed E-state index contributed by atoms with van der Waals surface area (Å²) >= 11 is 0. The summed E-state index contributed by atoms with van der Waals surface area (Å²) in [6, 6.07) is 0. The van der Waals surface area contributed by atoms with Crippen LogP contribution in [0.15, 0.2) is 6.33 Å². The van der Waals surface area contributed by atoms with Gasteiger partial charge >= 0.3 is 0 Å². The lowest BCUT2D eigenvalue weighted by molar-refractivity contribution is -0.144. The Kier molecular flexibility index (Phi) is 7.04. The highest BCUT2D eigenvalue weighted by Crippen LogP contribution is 2.20. The van der Waals surface area contributed by atoms with Crippen molar-refractivity contribution >= 4 is 16.9 Å². The minimum atomic E-state index is -0.339. The number of nitrogen functional groups attached to an aromatic ring is 1. The third-order valence-electron chi connectivity index (χ3n) is 2.76. The van der Waals surface area contributed by atoms with Crippen LogP contribution >= 0.6 is 0 Å². The smallest absolute Gasteiger partial charge is 0.177 e. The maximum Gasteiger partial charge on any atom is 0.177 e. The van der Waals surface area contributed by atoms with Crippen LogP contribution < -0.4 is 5.73 Å². The Morgan fingerprint density at radius 1 is 1.19 bits per heavy atom. The largest absolute Gasteiger partial charge is 0.383 e. The summed E-state index contributed by atoms with van der Waals surface area (Å²) in [5, 5.41) is 5.22. The van der Waals surface area contributed by atoms with Crippen molar-refractivity contribution in [1.29, 1.82) is 0 Å². The van der Waals surface area contributed by atoms with Crippen LogP contribution in [0.2, 0.25) is 0 Å². The fourth-order valence-electron chi connectivity index (χ4n) is 2.00. The van der Waals surface area contributed by atoms with Crippen LogP contribution in [-0.4, -0.2) is 39.3 Å². The van der Waals surface area contributed by atoms with E-state index in [0.29, 0.717) is 31.2 Å². The van der Waals surface area contributed by atoms with E-state index in [0.717, 1.165) is 11.1 Å². The molecule has 0 saturated carbocycles. The van der Waals surface area contributed by atoms with E-state index in [1.54, 1.807) is 4.68 Å². The van der Waals surface area contributed by atoms with Crippen molar-refractivity contribution < 1.29 is 9.47 Å². The molecule has 2 N–H and O–H groups in total. The number of hydrogen-bond acceptors (Lipinski definition) is 6. The molecule has 7 nitrogen and oxygen atoms in total. The average Bonchev–Trinajstić information content (AvgIpc) is 2.79. The second-order valence-corrected chi connectivity index (χ2v) is 4.07. The number of anilines is 1. The molecule has 2 heterocycles. The Labute approximate surface area is 125 Å². The fraction of sp³-hybridized carbons (Fsp3) is 0.643. The van der Waals surface area contributed by atoms with Gasteiger partial charge in [0.2, 0.25) is 0 Å². The molecule has 0 unspecified atom stereocenters. The van der Waals surface area contributed by atoms with Gasteiger partial charge in [0.25, 0.3) is 0 Å². The topological polar surface area (TPSA) is 88.1 Å². The highest BCUT2D eigenvalue weighted by Gasteiger charge is 2.16. The zero-order valence-electron chi connectivity index (χ0n) is 13.5. The van der Waals surface area contributed by atoms with Crippen LogP contribution in [0.25, 0.3) is 11.0 Å². The van der Waals surface area contributed by atoms with E-state index in [1.165, 1.54) is 6.33 Å². The second-order valence-electron chi connectivity index (χ2n) is 4.07. The number of fused-ring (bicyclic) bond motifs is 1. The molecule has 2 aromatic rings. The molecule has 0 amide bonds. The van der Waals surface area contributed by atoms with Gasteiger partial charge in [0.1, 0.15) is 12.1 Å². The number of nitrogens with two attached hydrogens (primary N) is 1. The van der Waals surface area contributed by atoms with Crippen LogP contribution in [0.5, 0.6) is 0 Å². The minimum Gasteiger partial charge on any atom is -0.383 e. The predicted octanol–water partition coefficient (Wildman–Crippen LogP) is 2.14. The van der Waals surface area contributed by atoms with Gasteiger partial charge in [-0.1, -0.05) is 13.8 Å². The number of aromatic nitrogens is 4. The van der Waals surface area contributed by atoms with E-state index in [9.17, 15) is 0 Å². The van der Waals surface area contributed by atoms with Gasteiger partial charge in [-0.05, 0) is 20.8 Å². The molecule has 0 fully saturated rings. The molecule has 0 bridgehead atoms. The highest BCUT2D eigenvalue weighted by atomic mass is 16.7. The Morgan fingerprint density at radius 3 is 2.38 bits per heavy atom. The molecule has 21 heavy (non-hydrogen) atoms. The highest BCUT2D eigenvalue weighted by molar-refractivity contribution is 5.87. The monoisotopic (exact) mass is 295 g/mol. The SMILES string of the molecule is CC.CCOC(Cn1nc(C)c2c(N)ncnc21)OCC. The number of aryl methyl sites for hydroxylation is 1. The van der Waals surface area contributed by atoms with Crippen LogP contribution in [-0.2, 0) is 16.0 Å². The van der Waals surface area contributed by atoms with Crippen molar-refractivity contribution in [3.63, 3.8) is 0 Å². The first kappa shape index (κ1) is 17.3. The van der Waals surface area contributed by atoms with Gasteiger partial charge in [0.15, 0.2) is 11.9 Å². The van der Waals surface area contributed by atoms with E-state index >= 15 is 0 Å². The molecule has 2 rings (SSSR count). The Hall–Kier alpha value is -1.73. The van der Waals surface area contributed by atoms with Crippen LogP contribution in [0.1, 0.15) is 33.4 Å². The molecule has 2 aromatic heterocycles. The molecule has 0 aliphatic carbocycles. The number of nitrogens with zero attached hydrogens (tertiary/aromatic N) is 4. The standard InChI is InChI=1S/C12H19N5O2.C2H6/c1-4-18-9(19-5-2)6-17-12-10(8(3)16-17)11(13)14-7-15-12;1-2/h7,9H,4-6H2,1-3H3,(H2,13,14,15);1-2H3. The first-order valence-electron chi connectivity index (χ1n) is 7.34. The molecule has 0 aromatic carbocycles. The van der Waals surface area contributed by atoms with E-state index in [-0.39, 0.29) is 6.29 Å². The van der Waals surface area contributed by atoms with Gasteiger partial charge in [-0.2, -0.15) is 5.10 Å². The maximum absolute atomic E-state index is 5.85. The molecule has 0 atom stereocenters. The molecule has 7 heteroatoms. The summed E-state index contributed by atoms with van der Waals surface area (Å²) in [6.07, 6.45) is 1.10. The maximum atomic E-state index is 5.85. The molecule has 0 radical (unpaired) electrons. The Bertz CT molecular complexity index is 550. The van der Waals surface area contributed by atoms with Gasteiger partial charge < -0.3 is 15.2 Å². The molecular weight excluding hydrogens is 270 g/mol. The summed E-state index contributed by atoms with van der Waals surface area (Å²) in [6.45, 7) is 11.4. The van der Waals surface area contributed by atoms with Crippen molar-refractivity contribution in [2.75, 3.05) is 18.9 Å². The van der Waals surface area contributed by atoms with Crippen molar-refractivity contribution in [2.24, 2.45) is 0 Å². The number of hydrogen-bond donors (Lipinski definition) is 1. The Balaban J connectivity index is 0.00000106. The molecule has 118 valence electrons. The first-order valence-corrected chi connectivity index (χ1v) is 7.34. The lowest BCUT2D eigenvalue weighted by atomic mass is 10.3. The second kappa shape index (κ2) is 8.53. The predicted molar refractivity (Wildman–Crippen MR) is 82.9 cm³/mol. The first-order chi connectivity index (χ1) is 10.2. The van der Waals surface area contributed by atoms with Gasteiger partial charge in [-0.3, -0.25) is 0 Å². The van der Waals surface area contributed by atoms with Gasteiger partial charge in [0, 0.05) is 13.2 Å². The Morgan fingerprint density at radius 2 is 1.81 bits per heavy atom. The number of rotatable bonds is 6. The zero-order chi connectivity index (χ0) is 15.8. The van der Waals surface area contributed by atoms with Crippen molar-refractivity contribution in [1.82, 2.24) is 19.7 Å². The van der Waals surface area contributed by atoms with Gasteiger partial charge in [0.05, 0.1) is 17.6 Å². The molecular formula is C14H25N5O2. The minimum absolute atomic E-state index is 0.339. The van der Waals surface area contributed by atoms with Gasteiger partial charge in [-0.25, -0.2) is 14.6 Å². The lowest BCUT2D eigenvalue weighted by Gasteiger charge is -2.16. The summed E-state index contributed by atoms with van der Waals surface area (Å²) in [5.41, 5.74) is 7.36. The van der Waals surface area contributed by atoms with Crippen LogP contribution in [0.4, 0.5) is 5.82 Å². The third kappa shape index (κ3) is 4.12. The van der Waals surface area contributed by atoms with Crippen molar-refractivity contribution in [2.45, 2.75) is 47.5 Å². The van der Waals surface area contributed by atoms with Gasteiger partial charge in [-0.15, -0.1) is 0 Å². The summed E-state index contributed by atoms with van der Waals surface area (Å²) in [7, 11) is 0. The molecule has 0 aliphatic heterocycles. The fourth-order valence-corrected chi connectivity index (χ4v) is 2.00. The van der Waals surface area contributed by atoms with Crippen molar-refractivity contribution in [3.05, 3.63) is 12.0 Å². The average molecular weight is 295 g/mol. The quantitative estimate of drug-likeness (QED) is 0.821. The number of ether oxygens (including phenoxy) is 2. The normalized spacial score (nSPS) is 10.8. The molecule has 0 aliphatic rings. The zero-order valence-corrected chi connectivity index (χ0v) is 13.5. The third-order valence-corrected chi connectivity index (χ3v) is 2.76. The lowest BCUT2D eigenvalue weighted by Crippen LogP contribution is -2.24. The molecule has 0 spiro atoms. The van der Waals surface area contributed by atoms with E-state index < -0.39 is 0 Å². The van der Waals surface area contributed by atoms with E-state index in [2.05, 4.69) is 15.1 Å². The van der Waals surface area contributed by atoms with Crippen LogP contribution in [0.3, 0.4) is 0 Å². The van der Waals surface area contributed by atoms with E-state index in [4.69, 9.17) is 15.2 Å². The summed E-state index contributed by atoms with van der Waals surface area (Å²) in [5.74, 6) is 0.443. The summed E-state index contributed by atoms with van der Waals surface area (Å²) in [4.78, 5) is 8.22. The van der Waals surface area contributed by atoms with Crippen LogP contribution in [0, 0.1) is 6.92 Å². The molecule has 0 saturated heterocycles. The van der Waals surface area contributed by atoms with E-state index in [1.807, 2.05) is 34.6 Å². The van der Waals surface area contributed by atoms with Crippen molar-refractivity contribution in [3.8, 4) is 0 Å². The summed E-state index contributed by atoms with van der Waals surface area (Å²) < 4.78 is 12.8.